The molecule has 0 aliphatic carbocycles. The first-order chi connectivity index (χ1) is 9.45. The average molecular weight is 277 g/mol. The molecule has 0 aromatic heterocycles. The van der Waals surface area contributed by atoms with Crippen molar-refractivity contribution in [1.29, 1.82) is 0 Å². The van der Waals surface area contributed by atoms with E-state index >= 15 is 0 Å². The van der Waals surface area contributed by atoms with E-state index in [1.54, 1.807) is 0 Å². The number of nitrogens with zero attached hydrogens (tertiary/aromatic N) is 1. The minimum absolute atomic E-state index is 0.00262. The lowest BCUT2D eigenvalue weighted by atomic mass is 10.1. The number of carbonyl (C=O) groups is 1. The van der Waals surface area contributed by atoms with Crippen LogP contribution < -0.4 is 15.8 Å². The predicted molar refractivity (Wildman–Crippen MR) is 74.2 cm³/mol. The summed E-state index contributed by atoms with van der Waals surface area (Å²) in [5, 5.41) is 13.5. The van der Waals surface area contributed by atoms with Gasteiger partial charge in [-0.3, -0.25) is 14.9 Å². The molecule has 0 unspecified atom stereocenters. The highest BCUT2D eigenvalue weighted by Crippen LogP contribution is 2.30. The number of nitrogens with one attached hydrogen (secondary N) is 1. The van der Waals surface area contributed by atoms with Gasteiger partial charge in [-0.05, 0) is 6.07 Å². The maximum Gasteiger partial charge on any atom is 0.297 e. The van der Waals surface area contributed by atoms with Gasteiger partial charge in [0.1, 0.15) is 11.4 Å². The molecular formula is C13H15N3O4. The molecule has 0 atom stereocenters. The number of rotatable bonds is 4. The number of hydrogen-bond acceptors (Lipinski definition) is 5. The maximum absolute atomic E-state index is 10.9. The summed E-state index contributed by atoms with van der Waals surface area (Å²) in [5.41, 5.74) is 5.80. The van der Waals surface area contributed by atoms with Crippen LogP contribution in [0.2, 0.25) is 0 Å². The number of benzene rings is 1. The fraction of sp³-hybridized carbons (Fsp3) is 0.308. The number of methoxy groups -OCH3 is 1. The summed E-state index contributed by atoms with van der Waals surface area (Å²) in [6.45, 7) is 1.82. The molecule has 20 heavy (non-hydrogen) atoms. The Kier molecular flexibility index (Phi) is 5.35. The average Bonchev–Trinajstić information content (AvgIpc) is 2.39. The van der Waals surface area contributed by atoms with Crippen LogP contribution in [-0.2, 0) is 4.79 Å². The molecule has 1 aromatic rings. The molecule has 0 radical (unpaired) electrons. The molecule has 0 heterocycles. The van der Waals surface area contributed by atoms with Crippen molar-refractivity contribution in [2.24, 2.45) is 0 Å². The van der Waals surface area contributed by atoms with Crippen LogP contribution in [0.25, 0.3) is 0 Å². The molecule has 7 nitrogen and oxygen atoms in total. The van der Waals surface area contributed by atoms with Crippen molar-refractivity contribution < 1.29 is 14.5 Å². The molecule has 1 aromatic carbocycles. The summed E-state index contributed by atoms with van der Waals surface area (Å²) in [4.78, 5) is 20.9. The molecule has 0 spiro atoms. The number of carbonyl (C=O) groups excluding carboxylic acids is 1. The SMILES string of the molecule is COc1cc(C#CCCNC(C)=O)c(N)c([N+](=O)[O-])c1. The number of nitro groups is 1. The molecule has 1 rings (SSSR count). The Morgan fingerprint density at radius 3 is 2.80 bits per heavy atom. The topological polar surface area (TPSA) is 107 Å². The van der Waals surface area contributed by atoms with Gasteiger partial charge in [-0.1, -0.05) is 11.8 Å². The third-order valence-corrected chi connectivity index (χ3v) is 2.41. The lowest BCUT2D eigenvalue weighted by Gasteiger charge is -2.04. The fourth-order valence-corrected chi connectivity index (χ4v) is 1.44. The Labute approximate surface area is 116 Å². The van der Waals surface area contributed by atoms with Crippen molar-refractivity contribution in [2.45, 2.75) is 13.3 Å². The second-order valence-electron chi connectivity index (χ2n) is 3.90. The van der Waals surface area contributed by atoms with Gasteiger partial charge in [-0.2, -0.15) is 0 Å². The Bertz CT molecular complexity index is 587. The summed E-state index contributed by atoms with van der Waals surface area (Å²) in [6, 6.07) is 2.78. The summed E-state index contributed by atoms with van der Waals surface area (Å²) >= 11 is 0. The van der Waals surface area contributed by atoms with E-state index in [9.17, 15) is 14.9 Å². The van der Waals surface area contributed by atoms with E-state index in [1.165, 1.54) is 26.2 Å². The van der Waals surface area contributed by atoms with Gasteiger partial charge in [0.2, 0.25) is 5.91 Å². The van der Waals surface area contributed by atoms with Gasteiger partial charge in [0, 0.05) is 19.9 Å². The van der Waals surface area contributed by atoms with Crippen LogP contribution in [0.1, 0.15) is 18.9 Å². The first kappa shape index (κ1) is 15.3. The number of amides is 1. The van der Waals surface area contributed by atoms with Gasteiger partial charge in [-0.15, -0.1) is 0 Å². The monoisotopic (exact) mass is 277 g/mol. The Hall–Kier alpha value is -2.75. The van der Waals surface area contributed by atoms with Gasteiger partial charge in [0.05, 0.1) is 23.7 Å². The molecule has 0 saturated heterocycles. The lowest BCUT2D eigenvalue weighted by Crippen LogP contribution is -2.20. The molecule has 7 heteroatoms. The molecule has 0 fully saturated rings. The molecule has 0 bridgehead atoms. The minimum Gasteiger partial charge on any atom is -0.496 e. The Morgan fingerprint density at radius 1 is 1.55 bits per heavy atom. The summed E-state index contributed by atoms with van der Waals surface area (Å²) in [7, 11) is 1.41. The fourth-order valence-electron chi connectivity index (χ4n) is 1.44. The molecule has 3 N–H and O–H groups in total. The highest BCUT2D eigenvalue weighted by molar-refractivity contribution is 5.73. The number of nitro benzene ring substituents is 1. The van der Waals surface area contributed by atoms with Crippen molar-refractivity contribution in [3.05, 3.63) is 27.8 Å². The summed E-state index contributed by atoms with van der Waals surface area (Å²) in [5.74, 6) is 5.72. The largest absolute Gasteiger partial charge is 0.496 e. The Morgan fingerprint density at radius 2 is 2.25 bits per heavy atom. The van der Waals surface area contributed by atoms with Crippen LogP contribution in [0.3, 0.4) is 0 Å². The van der Waals surface area contributed by atoms with Crippen molar-refractivity contribution in [1.82, 2.24) is 5.32 Å². The number of anilines is 1. The van der Waals surface area contributed by atoms with E-state index in [0.29, 0.717) is 24.3 Å². The van der Waals surface area contributed by atoms with Crippen molar-refractivity contribution in [3.63, 3.8) is 0 Å². The lowest BCUT2D eigenvalue weighted by molar-refractivity contribution is -0.384. The minimum atomic E-state index is -0.583. The quantitative estimate of drug-likeness (QED) is 0.281. The molecular weight excluding hydrogens is 262 g/mol. The molecule has 0 aliphatic rings. The number of ether oxygens (including phenoxy) is 1. The van der Waals surface area contributed by atoms with Gasteiger partial charge < -0.3 is 15.8 Å². The van der Waals surface area contributed by atoms with Gasteiger partial charge in [0.15, 0.2) is 0 Å². The highest BCUT2D eigenvalue weighted by atomic mass is 16.6. The van der Waals surface area contributed by atoms with Crippen molar-refractivity contribution >= 4 is 17.3 Å². The van der Waals surface area contributed by atoms with Crippen LogP contribution in [0, 0.1) is 22.0 Å². The van der Waals surface area contributed by atoms with Gasteiger partial charge in [0.25, 0.3) is 5.69 Å². The first-order valence-corrected chi connectivity index (χ1v) is 5.81. The van der Waals surface area contributed by atoms with Crippen molar-refractivity contribution in [3.8, 4) is 17.6 Å². The van der Waals surface area contributed by atoms with Gasteiger partial charge in [-0.25, -0.2) is 0 Å². The summed E-state index contributed by atoms with van der Waals surface area (Å²) in [6.07, 6.45) is 0.421. The van der Waals surface area contributed by atoms with E-state index in [4.69, 9.17) is 10.5 Å². The van der Waals surface area contributed by atoms with Crippen LogP contribution >= 0.6 is 0 Å². The molecule has 1 amide bonds. The highest BCUT2D eigenvalue weighted by Gasteiger charge is 2.16. The Balaban J connectivity index is 2.94. The van der Waals surface area contributed by atoms with E-state index < -0.39 is 4.92 Å². The van der Waals surface area contributed by atoms with Crippen molar-refractivity contribution in [2.75, 3.05) is 19.4 Å². The van der Waals surface area contributed by atoms with E-state index in [-0.39, 0.29) is 17.3 Å². The first-order valence-electron chi connectivity index (χ1n) is 5.81. The predicted octanol–water partition coefficient (Wildman–Crippen LogP) is 1.06. The molecule has 106 valence electrons. The number of nitrogens with two attached hydrogens (primary N) is 1. The third kappa shape index (κ3) is 4.17. The molecule has 0 saturated carbocycles. The van der Waals surface area contributed by atoms with E-state index in [0.717, 1.165) is 0 Å². The smallest absolute Gasteiger partial charge is 0.297 e. The number of hydrogen-bond donors (Lipinski definition) is 2. The van der Waals surface area contributed by atoms with Crippen LogP contribution in [0.4, 0.5) is 11.4 Å². The van der Waals surface area contributed by atoms with E-state index in [2.05, 4.69) is 17.2 Å². The zero-order valence-corrected chi connectivity index (χ0v) is 11.2. The zero-order chi connectivity index (χ0) is 15.1. The number of nitrogen functional groups attached to an aromatic ring is 1. The third-order valence-electron chi connectivity index (χ3n) is 2.41. The van der Waals surface area contributed by atoms with Crippen LogP contribution in [0.15, 0.2) is 12.1 Å². The zero-order valence-electron chi connectivity index (χ0n) is 11.2. The van der Waals surface area contributed by atoms with Crippen LogP contribution in [-0.4, -0.2) is 24.5 Å². The standard InChI is InChI=1S/C13H15N3O4/c1-9(17)15-6-4-3-5-10-7-11(20-2)8-12(13(10)14)16(18)19/h7-8H,4,6,14H2,1-2H3,(H,15,17). The van der Waals surface area contributed by atoms with Gasteiger partial charge >= 0.3 is 0 Å². The second-order valence-corrected chi connectivity index (χ2v) is 3.90. The van der Waals surface area contributed by atoms with Crippen LogP contribution in [0.5, 0.6) is 5.75 Å². The maximum atomic E-state index is 10.9. The second kappa shape index (κ2) is 6.99. The summed E-state index contributed by atoms with van der Waals surface area (Å²) < 4.78 is 4.97. The normalized spacial score (nSPS) is 9.30. The molecule has 0 aliphatic heterocycles. The van der Waals surface area contributed by atoms with E-state index in [1.807, 2.05) is 0 Å².